The predicted octanol–water partition coefficient (Wildman–Crippen LogP) is 2.73. The largest absolute Gasteiger partial charge is 0.411 e. The minimum Gasteiger partial charge on any atom is -0.372 e. The molecule has 0 aromatic heterocycles. The first-order chi connectivity index (χ1) is 8.06. The van der Waals surface area contributed by atoms with Gasteiger partial charge in [0.1, 0.15) is 6.61 Å². The second-order valence-electron chi connectivity index (χ2n) is 5.18. The van der Waals surface area contributed by atoms with Gasteiger partial charge >= 0.3 is 6.18 Å². The van der Waals surface area contributed by atoms with Gasteiger partial charge in [0.2, 0.25) is 0 Å². The van der Waals surface area contributed by atoms with Crippen LogP contribution in [0.4, 0.5) is 13.2 Å². The van der Waals surface area contributed by atoms with Gasteiger partial charge in [0, 0.05) is 12.6 Å². The van der Waals surface area contributed by atoms with Gasteiger partial charge in [0.05, 0.1) is 0 Å². The highest BCUT2D eigenvalue weighted by molar-refractivity contribution is 4.96. The van der Waals surface area contributed by atoms with Crippen molar-refractivity contribution in [2.45, 2.75) is 44.3 Å². The van der Waals surface area contributed by atoms with Crippen LogP contribution in [0.1, 0.15) is 32.1 Å². The van der Waals surface area contributed by atoms with Crippen LogP contribution in [0.3, 0.4) is 0 Å². The molecule has 0 aliphatic heterocycles. The molecule has 2 aliphatic rings. The van der Waals surface area contributed by atoms with E-state index in [1.807, 2.05) is 0 Å². The molecular weight excluding hydrogens is 231 g/mol. The van der Waals surface area contributed by atoms with Crippen molar-refractivity contribution in [1.29, 1.82) is 0 Å². The fourth-order valence-corrected chi connectivity index (χ4v) is 2.26. The summed E-state index contributed by atoms with van der Waals surface area (Å²) in [7, 11) is 0. The van der Waals surface area contributed by atoms with Crippen LogP contribution in [0.2, 0.25) is 0 Å². The number of halogens is 3. The minimum absolute atomic E-state index is 0.189. The number of hydrogen-bond acceptors (Lipinski definition) is 2. The lowest BCUT2D eigenvalue weighted by Crippen LogP contribution is -2.34. The van der Waals surface area contributed by atoms with Gasteiger partial charge in [-0.2, -0.15) is 13.2 Å². The summed E-state index contributed by atoms with van der Waals surface area (Å²) >= 11 is 0. The number of nitrogens with one attached hydrogen (secondary N) is 1. The number of alkyl halides is 3. The highest BCUT2D eigenvalue weighted by Crippen LogP contribution is 2.44. The van der Waals surface area contributed by atoms with Gasteiger partial charge in [-0.1, -0.05) is 0 Å². The first kappa shape index (κ1) is 13.1. The molecule has 100 valence electrons. The average Bonchev–Trinajstić information content (AvgIpc) is 3.09. The van der Waals surface area contributed by atoms with Crippen LogP contribution in [-0.4, -0.2) is 32.0 Å². The third-order valence-electron chi connectivity index (χ3n) is 3.37. The average molecular weight is 251 g/mol. The van der Waals surface area contributed by atoms with E-state index < -0.39 is 12.8 Å². The first-order valence-corrected chi connectivity index (χ1v) is 6.44. The Balaban J connectivity index is 1.48. The Morgan fingerprint density at radius 3 is 2.18 bits per heavy atom. The lowest BCUT2D eigenvalue weighted by atomic mass is 10.1. The first-order valence-electron chi connectivity index (χ1n) is 6.44. The molecule has 1 N–H and O–H groups in total. The number of ether oxygens (including phenoxy) is 1. The molecule has 2 saturated carbocycles. The van der Waals surface area contributed by atoms with Crippen LogP contribution in [0, 0.1) is 11.8 Å². The molecule has 0 unspecified atom stereocenters. The monoisotopic (exact) mass is 251 g/mol. The fraction of sp³-hybridized carbons (Fsp3) is 1.00. The molecule has 0 bridgehead atoms. The standard InChI is InChI=1S/C12H20F3NO/c13-12(14,15)8-17-7-1-6-16-11(9-2-3-9)10-4-5-10/h9-11,16H,1-8H2. The molecule has 0 radical (unpaired) electrons. The summed E-state index contributed by atoms with van der Waals surface area (Å²) in [6.45, 7) is -0.161. The van der Waals surface area contributed by atoms with E-state index >= 15 is 0 Å². The minimum atomic E-state index is -4.20. The molecule has 0 atom stereocenters. The Bertz CT molecular complexity index is 224. The highest BCUT2D eigenvalue weighted by Gasteiger charge is 2.40. The highest BCUT2D eigenvalue weighted by atomic mass is 19.4. The fourth-order valence-electron chi connectivity index (χ4n) is 2.26. The summed E-state index contributed by atoms with van der Waals surface area (Å²) in [5, 5.41) is 3.48. The van der Waals surface area contributed by atoms with Gasteiger partial charge in [0.25, 0.3) is 0 Å². The summed E-state index contributed by atoms with van der Waals surface area (Å²) in [5.41, 5.74) is 0. The maximum Gasteiger partial charge on any atom is 0.411 e. The van der Waals surface area contributed by atoms with Gasteiger partial charge in [-0.05, 0) is 50.5 Å². The molecule has 0 heterocycles. The van der Waals surface area contributed by atoms with Gasteiger partial charge in [0.15, 0.2) is 0 Å². The summed E-state index contributed by atoms with van der Waals surface area (Å²) in [4.78, 5) is 0. The molecule has 0 aromatic rings. The molecule has 2 nitrogen and oxygen atoms in total. The van der Waals surface area contributed by atoms with Crippen molar-refractivity contribution in [3.63, 3.8) is 0 Å². The zero-order valence-corrected chi connectivity index (χ0v) is 9.93. The molecule has 17 heavy (non-hydrogen) atoms. The van der Waals surface area contributed by atoms with Crippen molar-refractivity contribution in [1.82, 2.24) is 5.32 Å². The molecule has 5 heteroatoms. The quantitative estimate of drug-likeness (QED) is 0.670. The third-order valence-corrected chi connectivity index (χ3v) is 3.37. The van der Waals surface area contributed by atoms with Gasteiger partial charge in [-0.15, -0.1) is 0 Å². The van der Waals surface area contributed by atoms with E-state index in [4.69, 9.17) is 0 Å². The summed E-state index contributed by atoms with van der Waals surface area (Å²) in [5.74, 6) is 1.66. The van der Waals surface area contributed by atoms with E-state index in [2.05, 4.69) is 10.1 Å². The maximum atomic E-state index is 11.8. The van der Waals surface area contributed by atoms with E-state index in [1.54, 1.807) is 0 Å². The smallest absolute Gasteiger partial charge is 0.372 e. The molecule has 2 rings (SSSR count). The van der Waals surface area contributed by atoms with Crippen molar-refractivity contribution in [3.8, 4) is 0 Å². The van der Waals surface area contributed by atoms with Crippen LogP contribution in [0.15, 0.2) is 0 Å². The van der Waals surface area contributed by atoms with Crippen LogP contribution in [0.5, 0.6) is 0 Å². The Kier molecular flexibility index (Phi) is 4.31. The van der Waals surface area contributed by atoms with E-state index in [9.17, 15) is 13.2 Å². The van der Waals surface area contributed by atoms with Crippen molar-refractivity contribution in [3.05, 3.63) is 0 Å². The molecule has 2 aliphatic carbocycles. The van der Waals surface area contributed by atoms with Gasteiger partial charge in [-0.25, -0.2) is 0 Å². The number of rotatable bonds is 8. The molecule has 0 aromatic carbocycles. The summed E-state index contributed by atoms with van der Waals surface area (Å²) in [6.07, 6.45) is 1.74. The van der Waals surface area contributed by atoms with Gasteiger partial charge < -0.3 is 10.1 Å². The summed E-state index contributed by atoms with van der Waals surface area (Å²) in [6, 6.07) is 0.623. The molecule has 0 saturated heterocycles. The van der Waals surface area contributed by atoms with E-state index in [0.717, 1.165) is 18.4 Å². The molecule has 0 amide bonds. The maximum absolute atomic E-state index is 11.8. The second kappa shape index (κ2) is 5.57. The zero-order valence-electron chi connectivity index (χ0n) is 9.93. The second-order valence-corrected chi connectivity index (χ2v) is 5.18. The van der Waals surface area contributed by atoms with Crippen molar-refractivity contribution < 1.29 is 17.9 Å². The topological polar surface area (TPSA) is 21.3 Å². The Labute approximate surface area is 99.9 Å². The van der Waals surface area contributed by atoms with E-state index in [1.165, 1.54) is 25.7 Å². The van der Waals surface area contributed by atoms with E-state index in [-0.39, 0.29) is 6.61 Å². The Morgan fingerprint density at radius 1 is 1.12 bits per heavy atom. The van der Waals surface area contributed by atoms with Crippen molar-refractivity contribution in [2.24, 2.45) is 11.8 Å². The van der Waals surface area contributed by atoms with Crippen molar-refractivity contribution >= 4 is 0 Å². The Hall–Kier alpha value is -0.290. The van der Waals surface area contributed by atoms with Crippen LogP contribution in [-0.2, 0) is 4.74 Å². The normalized spacial score (nSPS) is 21.2. The summed E-state index contributed by atoms with van der Waals surface area (Å²) < 4.78 is 39.9. The molecule has 2 fully saturated rings. The van der Waals surface area contributed by atoms with E-state index in [0.29, 0.717) is 12.5 Å². The molecule has 0 spiro atoms. The predicted molar refractivity (Wildman–Crippen MR) is 58.7 cm³/mol. The zero-order chi connectivity index (χ0) is 12.3. The lowest BCUT2D eigenvalue weighted by Gasteiger charge is -2.17. The van der Waals surface area contributed by atoms with Crippen LogP contribution in [0.25, 0.3) is 0 Å². The van der Waals surface area contributed by atoms with Crippen molar-refractivity contribution in [2.75, 3.05) is 19.8 Å². The number of hydrogen-bond donors (Lipinski definition) is 1. The van der Waals surface area contributed by atoms with Crippen LogP contribution < -0.4 is 5.32 Å². The van der Waals surface area contributed by atoms with Gasteiger partial charge in [-0.3, -0.25) is 0 Å². The molecular formula is C12H20F3NO. The Morgan fingerprint density at radius 2 is 1.71 bits per heavy atom. The SMILES string of the molecule is FC(F)(F)COCCCNC(C1CC1)C1CC1. The third kappa shape index (κ3) is 5.25. The van der Waals surface area contributed by atoms with Crippen LogP contribution >= 0.6 is 0 Å². The lowest BCUT2D eigenvalue weighted by molar-refractivity contribution is -0.173.